The highest BCUT2D eigenvalue weighted by Crippen LogP contribution is 2.36. The molecule has 0 bridgehead atoms. The van der Waals surface area contributed by atoms with Crippen LogP contribution in [0.4, 0.5) is 0 Å². The zero-order valence-electron chi connectivity index (χ0n) is 8.37. The van der Waals surface area contributed by atoms with Gasteiger partial charge >= 0.3 is 0 Å². The number of pyridine rings is 1. The molecule has 86 valence electrons. The molecule has 1 amide bonds. The van der Waals surface area contributed by atoms with Gasteiger partial charge in [0.2, 0.25) is 5.91 Å². The van der Waals surface area contributed by atoms with Crippen LogP contribution in [0.25, 0.3) is 0 Å². The first kappa shape index (κ1) is 11.8. The van der Waals surface area contributed by atoms with Gasteiger partial charge in [0.1, 0.15) is 10.6 Å². The summed E-state index contributed by atoms with van der Waals surface area (Å²) in [4.78, 5) is 15.8. The van der Waals surface area contributed by atoms with Gasteiger partial charge in [0.15, 0.2) is 0 Å². The third-order valence-corrected chi connectivity index (χ3v) is 3.61. The number of carbonyl (C=O) groups is 1. The Hall–Kier alpha value is -0.650. The van der Waals surface area contributed by atoms with Crippen LogP contribution in [0, 0.1) is 0 Å². The Balaban J connectivity index is 2.55. The number of rotatable bonds is 2. The monoisotopic (exact) mass is 304 g/mol. The lowest BCUT2D eigenvalue weighted by Crippen LogP contribution is -2.42. The topological polar surface area (TPSA) is 65.2 Å². The van der Waals surface area contributed by atoms with E-state index in [9.17, 15) is 4.79 Å². The van der Waals surface area contributed by atoms with E-state index >= 15 is 0 Å². The van der Waals surface area contributed by atoms with Gasteiger partial charge in [-0.05, 0) is 34.5 Å². The number of primary amides is 1. The number of hydrogen-bond donors (Lipinski definition) is 1. The Morgan fingerprint density at radius 2 is 2.38 bits per heavy atom. The van der Waals surface area contributed by atoms with Crippen LogP contribution < -0.4 is 5.73 Å². The Kier molecular flexibility index (Phi) is 3.19. The van der Waals surface area contributed by atoms with Gasteiger partial charge in [0, 0.05) is 11.1 Å². The molecule has 4 nitrogen and oxygen atoms in total. The molecule has 2 heterocycles. The van der Waals surface area contributed by atoms with Crippen LogP contribution >= 0.6 is 27.5 Å². The van der Waals surface area contributed by atoms with Gasteiger partial charge in [0.05, 0.1) is 12.3 Å². The van der Waals surface area contributed by atoms with Crippen LogP contribution in [0.15, 0.2) is 16.6 Å². The van der Waals surface area contributed by atoms with Crippen molar-refractivity contribution in [1.82, 2.24) is 4.98 Å². The summed E-state index contributed by atoms with van der Waals surface area (Å²) in [7, 11) is 0. The number of carbonyl (C=O) groups excluding carboxylic acids is 1. The summed E-state index contributed by atoms with van der Waals surface area (Å²) in [6.45, 7) is 0.762. The van der Waals surface area contributed by atoms with E-state index in [1.807, 2.05) is 0 Å². The van der Waals surface area contributed by atoms with Crippen molar-refractivity contribution < 1.29 is 9.53 Å². The first-order chi connectivity index (χ1) is 7.56. The minimum absolute atomic E-state index is 0.258. The Labute approximate surface area is 106 Å². The average molecular weight is 306 g/mol. The third-order valence-electron chi connectivity index (χ3n) is 2.76. The molecule has 6 heteroatoms. The molecule has 0 aromatic carbocycles. The molecular weight excluding hydrogens is 295 g/mol. The minimum atomic E-state index is -0.857. The van der Waals surface area contributed by atoms with Crippen molar-refractivity contribution in [2.45, 2.75) is 11.8 Å². The van der Waals surface area contributed by atoms with E-state index in [2.05, 4.69) is 20.9 Å². The molecule has 1 unspecified atom stereocenters. The molecule has 1 aromatic rings. The SMILES string of the molecule is NC(=O)C1(c2nc(Cl)ccc2Br)CCOC1. The molecule has 2 rings (SSSR count). The maximum atomic E-state index is 11.6. The number of nitrogens with zero attached hydrogens (tertiary/aromatic N) is 1. The Morgan fingerprint density at radius 1 is 1.62 bits per heavy atom. The summed E-state index contributed by atoms with van der Waals surface area (Å²) in [6, 6.07) is 3.41. The normalized spacial score (nSPS) is 24.6. The molecule has 1 saturated heterocycles. The molecule has 0 radical (unpaired) electrons. The second-order valence-electron chi connectivity index (χ2n) is 3.71. The molecule has 1 atom stereocenters. The van der Waals surface area contributed by atoms with E-state index in [0.717, 1.165) is 4.47 Å². The van der Waals surface area contributed by atoms with Gasteiger partial charge in [-0.15, -0.1) is 0 Å². The van der Waals surface area contributed by atoms with Gasteiger partial charge in [-0.25, -0.2) is 4.98 Å². The molecule has 1 aliphatic heterocycles. The maximum Gasteiger partial charge on any atom is 0.232 e. The van der Waals surface area contributed by atoms with Crippen molar-refractivity contribution >= 4 is 33.4 Å². The highest BCUT2D eigenvalue weighted by Gasteiger charge is 2.45. The fraction of sp³-hybridized carbons (Fsp3) is 0.400. The predicted octanol–water partition coefficient (Wildman–Crippen LogP) is 1.64. The summed E-state index contributed by atoms with van der Waals surface area (Å²) in [6.07, 6.45) is 0.536. The number of ether oxygens (including phenoxy) is 1. The quantitative estimate of drug-likeness (QED) is 0.845. The Bertz CT molecular complexity index is 433. The predicted molar refractivity (Wildman–Crippen MR) is 63.3 cm³/mol. The fourth-order valence-electron chi connectivity index (χ4n) is 1.82. The lowest BCUT2D eigenvalue weighted by Gasteiger charge is -2.23. The van der Waals surface area contributed by atoms with Crippen molar-refractivity contribution in [2.75, 3.05) is 13.2 Å². The highest BCUT2D eigenvalue weighted by atomic mass is 79.9. The second-order valence-corrected chi connectivity index (χ2v) is 4.95. The summed E-state index contributed by atoms with van der Waals surface area (Å²) in [5.41, 5.74) is 5.16. The van der Waals surface area contributed by atoms with Crippen LogP contribution in [0.5, 0.6) is 0 Å². The van der Waals surface area contributed by atoms with E-state index in [-0.39, 0.29) is 6.61 Å². The fourth-order valence-corrected chi connectivity index (χ4v) is 2.56. The van der Waals surface area contributed by atoms with Crippen molar-refractivity contribution in [3.8, 4) is 0 Å². The molecule has 0 aliphatic carbocycles. The smallest absolute Gasteiger partial charge is 0.232 e. The molecular formula is C10H10BrClN2O2. The van der Waals surface area contributed by atoms with Crippen LogP contribution in [0.2, 0.25) is 5.15 Å². The molecule has 1 fully saturated rings. The van der Waals surface area contributed by atoms with Crippen molar-refractivity contribution in [3.63, 3.8) is 0 Å². The molecule has 0 saturated carbocycles. The molecule has 2 N–H and O–H groups in total. The number of amides is 1. The van der Waals surface area contributed by atoms with Crippen molar-refractivity contribution in [2.24, 2.45) is 5.73 Å². The largest absolute Gasteiger partial charge is 0.380 e. The maximum absolute atomic E-state index is 11.6. The molecule has 0 spiro atoms. The third kappa shape index (κ3) is 1.83. The van der Waals surface area contributed by atoms with Crippen LogP contribution in [0.3, 0.4) is 0 Å². The number of aromatic nitrogens is 1. The Morgan fingerprint density at radius 3 is 2.94 bits per heavy atom. The first-order valence-electron chi connectivity index (χ1n) is 4.76. The van der Waals surface area contributed by atoms with E-state index in [1.165, 1.54) is 0 Å². The van der Waals surface area contributed by atoms with E-state index < -0.39 is 11.3 Å². The van der Waals surface area contributed by atoms with Gasteiger partial charge < -0.3 is 10.5 Å². The van der Waals surface area contributed by atoms with Crippen LogP contribution in [-0.4, -0.2) is 24.1 Å². The molecule has 1 aromatic heterocycles. The summed E-state index contributed by atoms with van der Waals surface area (Å²) in [5.74, 6) is -0.430. The lowest BCUT2D eigenvalue weighted by atomic mass is 9.82. The van der Waals surface area contributed by atoms with Gasteiger partial charge in [-0.3, -0.25) is 4.79 Å². The molecule has 16 heavy (non-hydrogen) atoms. The average Bonchev–Trinajstić information content (AvgIpc) is 2.71. The van der Waals surface area contributed by atoms with E-state index in [0.29, 0.717) is 23.9 Å². The zero-order chi connectivity index (χ0) is 11.8. The zero-order valence-corrected chi connectivity index (χ0v) is 10.7. The van der Waals surface area contributed by atoms with Gasteiger partial charge in [-0.1, -0.05) is 11.6 Å². The standard InChI is InChI=1S/C10H10BrClN2O2/c11-6-1-2-7(12)14-8(6)10(9(13)15)3-4-16-5-10/h1-2H,3-5H2,(H2,13,15). The van der Waals surface area contributed by atoms with Crippen LogP contribution in [-0.2, 0) is 14.9 Å². The highest BCUT2D eigenvalue weighted by molar-refractivity contribution is 9.10. The summed E-state index contributed by atoms with van der Waals surface area (Å²) in [5, 5.41) is 0.339. The molecule has 1 aliphatic rings. The van der Waals surface area contributed by atoms with Gasteiger partial charge in [-0.2, -0.15) is 0 Å². The minimum Gasteiger partial charge on any atom is -0.380 e. The summed E-state index contributed by atoms with van der Waals surface area (Å²) >= 11 is 9.20. The van der Waals surface area contributed by atoms with Crippen molar-refractivity contribution in [3.05, 3.63) is 27.5 Å². The number of nitrogens with two attached hydrogens (primary N) is 1. The first-order valence-corrected chi connectivity index (χ1v) is 5.93. The number of hydrogen-bond acceptors (Lipinski definition) is 3. The second kappa shape index (κ2) is 4.31. The summed E-state index contributed by atoms with van der Waals surface area (Å²) < 4.78 is 5.99. The van der Waals surface area contributed by atoms with Crippen LogP contribution in [0.1, 0.15) is 12.1 Å². The van der Waals surface area contributed by atoms with Gasteiger partial charge in [0.25, 0.3) is 0 Å². The van der Waals surface area contributed by atoms with E-state index in [1.54, 1.807) is 12.1 Å². The van der Waals surface area contributed by atoms with E-state index in [4.69, 9.17) is 22.1 Å². The lowest BCUT2D eigenvalue weighted by molar-refractivity contribution is -0.123. The number of halogens is 2. The van der Waals surface area contributed by atoms with Crippen molar-refractivity contribution in [1.29, 1.82) is 0 Å².